The molecule has 0 unspecified atom stereocenters. The Balaban J connectivity index is 1.84. The first-order valence-corrected chi connectivity index (χ1v) is 7.87. The predicted molar refractivity (Wildman–Crippen MR) is 79.3 cm³/mol. The van der Waals surface area contributed by atoms with Crippen LogP contribution in [0.5, 0.6) is 0 Å². The van der Waals surface area contributed by atoms with Crippen LogP contribution in [0.2, 0.25) is 0 Å². The van der Waals surface area contributed by atoms with E-state index in [-0.39, 0.29) is 11.9 Å². The summed E-state index contributed by atoms with van der Waals surface area (Å²) in [5, 5.41) is 10.1. The molecule has 0 aliphatic carbocycles. The Kier molecular flexibility index (Phi) is 8.26. The number of amides is 1. The molecule has 0 aromatic heterocycles. The van der Waals surface area contributed by atoms with Gasteiger partial charge in [-0.05, 0) is 6.42 Å². The molecule has 19 heavy (non-hydrogen) atoms. The lowest BCUT2D eigenvalue weighted by Crippen LogP contribution is -2.29. The Bertz CT molecular complexity index is 279. The van der Waals surface area contributed by atoms with E-state index in [1.807, 2.05) is 4.90 Å². The van der Waals surface area contributed by atoms with Crippen LogP contribution >= 0.6 is 0 Å². The van der Waals surface area contributed by atoms with E-state index in [1.54, 1.807) is 0 Å². The van der Waals surface area contributed by atoms with E-state index in [0.717, 1.165) is 13.0 Å². The third-order valence-corrected chi connectivity index (χ3v) is 3.69. The standard InChI is InChI=1S/C15H29N3O/c1-2-3-4-5-6-7-8-9-10-11-12-18-13-14(19)17-15(18)16/h2-13H2,1H3,(H2,16,17,19). The summed E-state index contributed by atoms with van der Waals surface area (Å²) in [5.41, 5.74) is 0. The average molecular weight is 267 g/mol. The number of hydrogen-bond donors (Lipinski definition) is 2. The number of hydrogen-bond acceptors (Lipinski definition) is 2. The summed E-state index contributed by atoms with van der Waals surface area (Å²) in [6, 6.07) is 0. The zero-order chi connectivity index (χ0) is 13.9. The first-order valence-electron chi connectivity index (χ1n) is 7.87. The van der Waals surface area contributed by atoms with Crippen molar-refractivity contribution in [1.82, 2.24) is 10.2 Å². The SMILES string of the molecule is CCCCCCCCCCCCN1CC(=O)NC1=N. The van der Waals surface area contributed by atoms with Crippen molar-refractivity contribution in [2.75, 3.05) is 13.1 Å². The molecule has 1 amide bonds. The molecule has 1 aliphatic rings. The van der Waals surface area contributed by atoms with Gasteiger partial charge in [0.1, 0.15) is 6.54 Å². The maximum Gasteiger partial charge on any atom is 0.246 e. The fourth-order valence-corrected chi connectivity index (χ4v) is 2.48. The van der Waals surface area contributed by atoms with E-state index in [2.05, 4.69) is 12.2 Å². The van der Waals surface area contributed by atoms with Gasteiger partial charge >= 0.3 is 0 Å². The van der Waals surface area contributed by atoms with Crippen molar-refractivity contribution in [2.45, 2.75) is 71.1 Å². The van der Waals surface area contributed by atoms with E-state index in [9.17, 15) is 4.79 Å². The van der Waals surface area contributed by atoms with Crippen LogP contribution in [0.4, 0.5) is 0 Å². The number of nitrogens with one attached hydrogen (secondary N) is 2. The third-order valence-electron chi connectivity index (χ3n) is 3.69. The molecule has 4 heteroatoms. The molecular weight excluding hydrogens is 238 g/mol. The van der Waals surface area contributed by atoms with Gasteiger partial charge in [0.05, 0.1) is 0 Å². The summed E-state index contributed by atoms with van der Waals surface area (Å²) in [7, 11) is 0. The van der Waals surface area contributed by atoms with Crippen LogP contribution < -0.4 is 5.32 Å². The largest absolute Gasteiger partial charge is 0.334 e. The van der Waals surface area contributed by atoms with Gasteiger partial charge in [0.25, 0.3) is 0 Å². The number of rotatable bonds is 11. The van der Waals surface area contributed by atoms with E-state index in [1.165, 1.54) is 57.8 Å². The number of guanidine groups is 1. The van der Waals surface area contributed by atoms with E-state index >= 15 is 0 Å². The minimum absolute atomic E-state index is 0.0444. The minimum Gasteiger partial charge on any atom is -0.334 e. The van der Waals surface area contributed by atoms with Crippen molar-refractivity contribution >= 4 is 11.9 Å². The lowest BCUT2D eigenvalue weighted by Gasteiger charge is -2.14. The molecule has 0 spiro atoms. The molecule has 0 aromatic carbocycles. The number of nitrogens with zero attached hydrogens (tertiary/aromatic N) is 1. The molecule has 0 radical (unpaired) electrons. The van der Waals surface area contributed by atoms with Crippen LogP contribution in [0.15, 0.2) is 0 Å². The van der Waals surface area contributed by atoms with Crippen molar-refractivity contribution in [3.05, 3.63) is 0 Å². The second-order valence-electron chi connectivity index (χ2n) is 5.50. The quantitative estimate of drug-likeness (QED) is 0.564. The number of carbonyl (C=O) groups is 1. The fourth-order valence-electron chi connectivity index (χ4n) is 2.48. The molecule has 0 aromatic rings. The van der Waals surface area contributed by atoms with Gasteiger partial charge in [-0.3, -0.25) is 15.5 Å². The highest BCUT2D eigenvalue weighted by atomic mass is 16.2. The summed E-state index contributed by atoms with van der Waals surface area (Å²) in [5.74, 6) is 0.234. The summed E-state index contributed by atoms with van der Waals surface area (Å²) in [6.07, 6.45) is 13.2. The van der Waals surface area contributed by atoms with Crippen molar-refractivity contribution in [3.63, 3.8) is 0 Å². The normalized spacial score (nSPS) is 15.1. The van der Waals surface area contributed by atoms with Crippen LogP contribution in [0.1, 0.15) is 71.1 Å². The molecule has 0 saturated carbocycles. The van der Waals surface area contributed by atoms with Gasteiger partial charge < -0.3 is 4.90 Å². The third kappa shape index (κ3) is 7.19. The minimum atomic E-state index is -0.0444. The predicted octanol–water partition coefficient (Wildman–Crippen LogP) is 3.27. The summed E-state index contributed by atoms with van der Waals surface area (Å²) in [4.78, 5) is 12.9. The number of carbonyl (C=O) groups excluding carboxylic acids is 1. The molecular formula is C15H29N3O. The lowest BCUT2D eigenvalue weighted by atomic mass is 10.1. The molecule has 0 bridgehead atoms. The summed E-state index contributed by atoms with van der Waals surface area (Å²) >= 11 is 0. The van der Waals surface area contributed by atoms with E-state index in [4.69, 9.17) is 5.41 Å². The van der Waals surface area contributed by atoms with Gasteiger partial charge in [-0.25, -0.2) is 0 Å². The lowest BCUT2D eigenvalue weighted by molar-refractivity contribution is -0.118. The maximum atomic E-state index is 11.1. The van der Waals surface area contributed by atoms with Crippen molar-refractivity contribution in [3.8, 4) is 0 Å². The molecule has 1 aliphatic heterocycles. The van der Waals surface area contributed by atoms with Gasteiger partial charge in [-0.1, -0.05) is 64.7 Å². The molecule has 0 atom stereocenters. The Hall–Kier alpha value is -1.06. The highest BCUT2D eigenvalue weighted by Crippen LogP contribution is 2.11. The van der Waals surface area contributed by atoms with Crippen LogP contribution in [0.3, 0.4) is 0 Å². The summed E-state index contributed by atoms with van der Waals surface area (Å²) in [6.45, 7) is 3.47. The molecule has 1 heterocycles. The highest BCUT2D eigenvalue weighted by molar-refractivity contribution is 6.02. The van der Waals surface area contributed by atoms with E-state index < -0.39 is 0 Å². The zero-order valence-corrected chi connectivity index (χ0v) is 12.3. The van der Waals surface area contributed by atoms with Gasteiger partial charge in [-0.2, -0.15) is 0 Å². The van der Waals surface area contributed by atoms with Gasteiger partial charge in [-0.15, -0.1) is 0 Å². The van der Waals surface area contributed by atoms with Gasteiger partial charge in [0, 0.05) is 6.54 Å². The van der Waals surface area contributed by atoms with Crippen molar-refractivity contribution in [1.29, 1.82) is 5.41 Å². The Morgan fingerprint density at radius 2 is 1.53 bits per heavy atom. The molecule has 1 fully saturated rings. The highest BCUT2D eigenvalue weighted by Gasteiger charge is 2.22. The smallest absolute Gasteiger partial charge is 0.246 e. The fraction of sp³-hybridized carbons (Fsp3) is 0.867. The Morgan fingerprint density at radius 1 is 1.00 bits per heavy atom. The van der Waals surface area contributed by atoms with Crippen LogP contribution in [0, 0.1) is 5.41 Å². The molecule has 4 nitrogen and oxygen atoms in total. The van der Waals surface area contributed by atoms with E-state index in [0.29, 0.717) is 6.54 Å². The van der Waals surface area contributed by atoms with Crippen molar-refractivity contribution < 1.29 is 4.79 Å². The molecule has 110 valence electrons. The van der Waals surface area contributed by atoms with Crippen LogP contribution in [-0.4, -0.2) is 29.9 Å². The zero-order valence-electron chi connectivity index (χ0n) is 12.3. The second kappa shape index (κ2) is 9.82. The number of unbranched alkanes of at least 4 members (excludes halogenated alkanes) is 9. The maximum absolute atomic E-state index is 11.1. The molecule has 1 saturated heterocycles. The monoisotopic (exact) mass is 267 g/mol. The average Bonchev–Trinajstić information content (AvgIpc) is 2.70. The van der Waals surface area contributed by atoms with Gasteiger partial charge in [0.15, 0.2) is 5.96 Å². The van der Waals surface area contributed by atoms with Crippen LogP contribution in [-0.2, 0) is 4.79 Å². The first-order chi connectivity index (χ1) is 9.24. The molecule has 2 N–H and O–H groups in total. The second-order valence-corrected chi connectivity index (χ2v) is 5.50. The Labute approximate surface area is 117 Å². The topological polar surface area (TPSA) is 56.2 Å². The Morgan fingerprint density at radius 3 is 2.00 bits per heavy atom. The molecule has 1 rings (SSSR count). The first kappa shape index (κ1) is 16.0. The van der Waals surface area contributed by atoms with Crippen molar-refractivity contribution in [2.24, 2.45) is 0 Å². The van der Waals surface area contributed by atoms with Gasteiger partial charge in [0.2, 0.25) is 5.91 Å². The summed E-state index contributed by atoms with van der Waals surface area (Å²) < 4.78 is 0. The van der Waals surface area contributed by atoms with Crippen LogP contribution in [0.25, 0.3) is 0 Å².